The van der Waals surface area contributed by atoms with Crippen LogP contribution in [0, 0.1) is 11.8 Å². The zero-order valence-corrected chi connectivity index (χ0v) is 13.7. The van der Waals surface area contributed by atoms with E-state index in [4.69, 9.17) is 14.2 Å². The number of carbonyl (C=O) groups excluding carboxylic acids is 1. The van der Waals surface area contributed by atoms with Crippen LogP contribution in [0.1, 0.15) is 38.5 Å². The number of carbonyl (C=O) groups is 1. The standard InChI is InChI=1S/C16H28O6/c1-19-15(18)6-4-5-11-7-10-8-12(16(20-2)21-3)13(17)9-14(10)22-11/h10-14,16-17H,4-9H2,1-3H3. The van der Waals surface area contributed by atoms with Gasteiger partial charge in [-0.15, -0.1) is 0 Å². The van der Waals surface area contributed by atoms with E-state index in [1.807, 2.05) is 0 Å². The number of hydrogen-bond acceptors (Lipinski definition) is 6. The highest BCUT2D eigenvalue weighted by molar-refractivity contribution is 5.68. The fourth-order valence-corrected chi connectivity index (χ4v) is 3.82. The van der Waals surface area contributed by atoms with Crippen LogP contribution in [0.2, 0.25) is 0 Å². The van der Waals surface area contributed by atoms with E-state index < -0.39 is 6.10 Å². The Balaban J connectivity index is 1.82. The van der Waals surface area contributed by atoms with Crippen molar-refractivity contribution in [2.24, 2.45) is 11.8 Å². The summed E-state index contributed by atoms with van der Waals surface area (Å²) in [6.07, 6.45) is 4.01. The van der Waals surface area contributed by atoms with E-state index in [-0.39, 0.29) is 30.4 Å². The van der Waals surface area contributed by atoms with E-state index in [0.717, 1.165) is 25.7 Å². The summed E-state index contributed by atoms with van der Waals surface area (Å²) in [5.41, 5.74) is 0. The van der Waals surface area contributed by atoms with Crippen LogP contribution in [0.4, 0.5) is 0 Å². The van der Waals surface area contributed by atoms with Crippen molar-refractivity contribution in [2.45, 2.75) is 63.1 Å². The fourth-order valence-electron chi connectivity index (χ4n) is 3.82. The summed E-state index contributed by atoms with van der Waals surface area (Å²) in [4.78, 5) is 11.1. The van der Waals surface area contributed by atoms with Crippen LogP contribution >= 0.6 is 0 Å². The number of aliphatic hydroxyl groups excluding tert-OH is 1. The Morgan fingerprint density at radius 2 is 1.95 bits per heavy atom. The van der Waals surface area contributed by atoms with Gasteiger partial charge in [-0.1, -0.05) is 0 Å². The Bertz CT molecular complexity index is 357. The molecule has 1 N–H and O–H groups in total. The zero-order valence-electron chi connectivity index (χ0n) is 13.7. The Hall–Kier alpha value is -0.690. The van der Waals surface area contributed by atoms with Crippen molar-refractivity contribution in [2.75, 3.05) is 21.3 Å². The number of esters is 1. The second-order valence-corrected chi connectivity index (χ2v) is 6.30. The smallest absolute Gasteiger partial charge is 0.305 e. The van der Waals surface area contributed by atoms with Gasteiger partial charge in [0.25, 0.3) is 0 Å². The predicted molar refractivity (Wildman–Crippen MR) is 79.2 cm³/mol. The van der Waals surface area contributed by atoms with Crippen LogP contribution in [-0.4, -0.2) is 57.0 Å². The minimum absolute atomic E-state index is 0.00586. The van der Waals surface area contributed by atoms with Crippen LogP contribution in [0.25, 0.3) is 0 Å². The molecule has 0 aromatic heterocycles. The van der Waals surface area contributed by atoms with Gasteiger partial charge in [0.05, 0.1) is 25.4 Å². The van der Waals surface area contributed by atoms with Crippen molar-refractivity contribution >= 4 is 5.97 Å². The number of rotatable bonds is 7. The van der Waals surface area contributed by atoms with Crippen molar-refractivity contribution in [3.05, 3.63) is 0 Å². The van der Waals surface area contributed by atoms with Gasteiger partial charge in [-0.2, -0.15) is 0 Å². The molecule has 5 atom stereocenters. The Morgan fingerprint density at radius 3 is 2.59 bits per heavy atom. The van der Waals surface area contributed by atoms with Crippen LogP contribution in [0.5, 0.6) is 0 Å². The molecule has 6 nitrogen and oxygen atoms in total. The number of methoxy groups -OCH3 is 3. The summed E-state index contributed by atoms with van der Waals surface area (Å²) >= 11 is 0. The molecule has 5 unspecified atom stereocenters. The molecule has 1 heterocycles. The summed E-state index contributed by atoms with van der Waals surface area (Å²) in [6.45, 7) is 0. The number of ether oxygens (including phenoxy) is 4. The van der Waals surface area contributed by atoms with E-state index in [0.29, 0.717) is 18.8 Å². The van der Waals surface area contributed by atoms with Gasteiger partial charge in [0.2, 0.25) is 0 Å². The van der Waals surface area contributed by atoms with Gasteiger partial charge in [-0.3, -0.25) is 4.79 Å². The molecule has 1 saturated carbocycles. The predicted octanol–water partition coefficient (Wildman–Crippen LogP) is 1.49. The second-order valence-electron chi connectivity index (χ2n) is 6.30. The fraction of sp³-hybridized carbons (Fsp3) is 0.938. The molecule has 0 radical (unpaired) electrons. The second kappa shape index (κ2) is 8.24. The first-order valence-corrected chi connectivity index (χ1v) is 8.05. The molecule has 0 aromatic rings. The number of aliphatic hydroxyl groups is 1. The maximum absolute atomic E-state index is 11.1. The topological polar surface area (TPSA) is 74.2 Å². The van der Waals surface area contributed by atoms with Gasteiger partial charge in [0, 0.05) is 33.0 Å². The van der Waals surface area contributed by atoms with Gasteiger partial charge in [-0.05, 0) is 31.6 Å². The zero-order chi connectivity index (χ0) is 16.1. The average Bonchev–Trinajstić information content (AvgIpc) is 2.90. The highest BCUT2D eigenvalue weighted by Crippen LogP contribution is 2.42. The molecule has 1 aliphatic carbocycles. The van der Waals surface area contributed by atoms with Crippen molar-refractivity contribution < 1.29 is 28.8 Å². The summed E-state index contributed by atoms with van der Waals surface area (Å²) in [5.74, 6) is 0.256. The Labute approximate surface area is 132 Å². The van der Waals surface area contributed by atoms with Crippen molar-refractivity contribution in [3.63, 3.8) is 0 Å². The first kappa shape index (κ1) is 17.7. The monoisotopic (exact) mass is 316 g/mol. The van der Waals surface area contributed by atoms with Gasteiger partial charge in [0.1, 0.15) is 0 Å². The Morgan fingerprint density at radius 1 is 1.23 bits per heavy atom. The third-order valence-corrected chi connectivity index (χ3v) is 4.95. The molecule has 1 saturated heterocycles. The molecule has 0 spiro atoms. The summed E-state index contributed by atoms with van der Waals surface area (Å²) in [6, 6.07) is 0. The van der Waals surface area contributed by atoms with E-state index in [2.05, 4.69) is 4.74 Å². The quantitative estimate of drug-likeness (QED) is 0.567. The van der Waals surface area contributed by atoms with Gasteiger partial charge in [-0.25, -0.2) is 0 Å². The lowest BCUT2D eigenvalue weighted by Crippen LogP contribution is -2.43. The normalized spacial score (nSPS) is 34.7. The van der Waals surface area contributed by atoms with E-state index in [9.17, 15) is 9.90 Å². The van der Waals surface area contributed by atoms with E-state index >= 15 is 0 Å². The van der Waals surface area contributed by atoms with Crippen LogP contribution in [-0.2, 0) is 23.7 Å². The molecule has 0 bridgehead atoms. The summed E-state index contributed by atoms with van der Waals surface area (Å²) in [7, 11) is 4.62. The lowest BCUT2D eigenvalue weighted by Gasteiger charge is -2.37. The van der Waals surface area contributed by atoms with E-state index in [1.165, 1.54) is 7.11 Å². The molecule has 0 amide bonds. The lowest BCUT2D eigenvalue weighted by atomic mass is 9.76. The van der Waals surface area contributed by atoms with Crippen molar-refractivity contribution in [1.82, 2.24) is 0 Å². The minimum atomic E-state index is -0.458. The van der Waals surface area contributed by atoms with Crippen molar-refractivity contribution in [1.29, 1.82) is 0 Å². The maximum Gasteiger partial charge on any atom is 0.305 e. The van der Waals surface area contributed by atoms with Gasteiger partial charge in [0.15, 0.2) is 6.29 Å². The largest absolute Gasteiger partial charge is 0.469 e. The molecular weight excluding hydrogens is 288 g/mol. The molecule has 2 rings (SSSR count). The summed E-state index contributed by atoms with van der Waals surface area (Å²) < 4.78 is 21.3. The molecule has 128 valence electrons. The van der Waals surface area contributed by atoms with Crippen LogP contribution in [0.3, 0.4) is 0 Å². The van der Waals surface area contributed by atoms with Crippen LogP contribution in [0.15, 0.2) is 0 Å². The van der Waals surface area contributed by atoms with Crippen molar-refractivity contribution in [3.8, 4) is 0 Å². The Kier molecular flexibility index (Phi) is 6.62. The third-order valence-electron chi connectivity index (χ3n) is 4.95. The molecule has 2 aliphatic rings. The highest BCUT2D eigenvalue weighted by Gasteiger charge is 2.45. The first-order chi connectivity index (χ1) is 10.6. The average molecular weight is 316 g/mol. The van der Waals surface area contributed by atoms with Gasteiger partial charge < -0.3 is 24.1 Å². The maximum atomic E-state index is 11.1. The number of fused-ring (bicyclic) bond motifs is 1. The number of hydrogen-bond donors (Lipinski definition) is 1. The van der Waals surface area contributed by atoms with E-state index in [1.54, 1.807) is 14.2 Å². The minimum Gasteiger partial charge on any atom is -0.469 e. The molecule has 6 heteroatoms. The SMILES string of the molecule is COC(=O)CCCC1CC2CC(C(OC)OC)C(O)CC2O1. The van der Waals surface area contributed by atoms with Crippen LogP contribution < -0.4 is 0 Å². The lowest BCUT2D eigenvalue weighted by molar-refractivity contribution is -0.181. The van der Waals surface area contributed by atoms with Gasteiger partial charge >= 0.3 is 5.97 Å². The third kappa shape index (κ3) is 4.19. The summed E-state index contributed by atoms with van der Waals surface area (Å²) in [5, 5.41) is 10.3. The molecule has 2 fully saturated rings. The molecule has 0 aromatic carbocycles. The molecule has 1 aliphatic heterocycles. The molecule has 22 heavy (non-hydrogen) atoms. The molecular formula is C16H28O6. The first-order valence-electron chi connectivity index (χ1n) is 8.05. The highest BCUT2D eigenvalue weighted by atomic mass is 16.7.